The van der Waals surface area contributed by atoms with Gasteiger partial charge in [0.2, 0.25) is 11.7 Å². The van der Waals surface area contributed by atoms with Crippen molar-refractivity contribution in [3.63, 3.8) is 0 Å². The first-order chi connectivity index (χ1) is 10.1. The van der Waals surface area contributed by atoms with Crippen molar-refractivity contribution in [2.45, 2.75) is 51.0 Å². The van der Waals surface area contributed by atoms with E-state index in [-0.39, 0.29) is 17.8 Å². The van der Waals surface area contributed by atoms with E-state index in [1.54, 1.807) is 19.1 Å². The number of hydrogen-bond donors (Lipinski definition) is 1. The third kappa shape index (κ3) is 2.97. The van der Waals surface area contributed by atoms with Gasteiger partial charge in [-0.25, -0.2) is 4.39 Å². The molecule has 5 heteroatoms. The SMILES string of the molecule is Cc1cc(-c2noc(C3CCCCCC3N)n2)ccc1F. The fraction of sp³-hybridized carbons (Fsp3) is 0.500. The summed E-state index contributed by atoms with van der Waals surface area (Å²) < 4.78 is 18.7. The summed E-state index contributed by atoms with van der Waals surface area (Å²) in [5.41, 5.74) is 7.57. The van der Waals surface area contributed by atoms with Crippen LogP contribution in [-0.4, -0.2) is 16.2 Å². The van der Waals surface area contributed by atoms with Gasteiger partial charge in [-0.05, 0) is 43.5 Å². The largest absolute Gasteiger partial charge is 0.339 e. The van der Waals surface area contributed by atoms with Crippen molar-refractivity contribution in [1.82, 2.24) is 10.1 Å². The van der Waals surface area contributed by atoms with Crippen LogP contribution < -0.4 is 5.73 Å². The second kappa shape index (κ2) is 5.93. The third-order valence-corrected chi connectivity index (χ3v) is 4.24. The van der Waals surface area contributed by atoms with E-state index in [0.717, 1.165) is 31.2 Å². The lowest BCUT2D eigenvalue weighted by Gasteiger charge is -2.16. The highest BCUT2D eigenvalue weighted by Gasteiger charge is 2.27. The lowest BCUT2D eigenvalue weighted by atomic mass is 9.95. The van der Waals surface area contributed by atoms with Crippen molar-refractivity contribution in [3.05, 3.63) is 35.5 Å². The molecule has 1 aliphatic carbocycles. The molecule has 3 rings (SSSR count). The van der Waals surface area contributed by atoms with E-state index in [1.807, 2.05) is 0 Å². The molecule has 1 aliphatic rings. The quantitative estimate of drug-likeness (QED) is 0.858. The van der Waals surface area contributed by atoms with Crippen molar-refractivity contribution < 1.29 is 8.91 Å². The van der Waals surface area contributed by atoms with E-state index in [0.29, 0.717) is 17.3 Å². The smallest absolute Gasteiger partial charge is 0.231 e. The highest BCUT2D eigenvalue weighted by Crippen LogP contribution is 2.31. The fourth-order valence-corrected chi connectivity index (χ4v) is 2.93. The highest BCUT2D eigenvalue weighted by atomic mass is 19.1. The van der Waals surface area contributed by atoms with E-state index in [1.165, 1.54) is 12.5 Å². The molecular formula is C16H20FN3O. The van der Waals surface area contributed by atoms with Crippen molar-refractivity contribution in [1.29, 1.82) is 0 Å². The number of aromatic nitrogens is 2. The Morgan fingerprint density at radius 3 is 2.86 bits per heavy atom. The molecule has 1 aromatic carbocycles. The lowest BCUT2D eigenvalue weighted by Crippen LogP contribution is -2.27. The molecule has 0 aliphatic heterocycles. The van der Waals surface area contributed by atoms with Gasteiger partial charge in [0, 0.05) is 11.6 Å². The molecule has 0 spiro atoms. The normalized spacial score (nSPS) is 23.0. The molecule has 0 radical (unpaired) electrons. The van der Waals surface area contributed by atoms with E-state index in [9.17, 15) is 4.39 Å². The number of rotatable bonds is 2. The monoisotopic (exact) mass is 289 g/mol. The summed E-state index contributed by atoms with van der Waals surface area (Å²) in [7, 11) is 0. The van der Waals surface area contributed by atoms with Gasteiger partial charge in [-0.3, -0.25) is 0 Å². The van der Waals surface area contributed by atoms with E-state index in [2.05, 4.69) is 10.1 Å². The van der Waals surface area contributed by atoms with Crippen molar-refractivity contribution >= 4 is 0 Å². The molecule has 1 aromatic heterocycles. The Morgan fingerprint density at radius 1 is 1.24 bits per heavy atom. The zero-order valence-corrected chi connectivity index (χ0v) is 12.2. The van der Waals surface area contributed by atoms with Crippen molar-refractivity contribution in [2.75, 3.05) is 0 Å². The number of nitrogens with two attached hydrogens (primary N) is 1. The van der Waals surface area contributed by atoms with Crippen molar-refractivity contribution in [3.8, 4) is 11.4 Å². The zero-order chi connectivity index (χ0) is 14.8. The second-order valence-corrected chi connectivity index (χ2v) is 5.83. The standard InChI is InChI=1S/C16H20FN3O/c1-10-9-11(7-8-13(10)17)15-19-16(21-20-15)12-5-3-2-4-6-14(12)18/h7-9,12,14H,2-6,18H2,1H3. The molecule has 1 fully saturated rings. The molecule has 2 unspecified atom stereocenters. The van der Waals surface area contributed by atoms with Crippen LogP contribution in [0.1, 0.15) is 49.5 Å². The number of benzene rings is 1. The van der Waals surface area contributed by atoms with Crippen LogP contribution in [0.5, 0.6) is 0 Å². The van der Waals surface area contributed by atoms with Gasteiger partial charge in [-0.2, -0.15) is 4.98 Å². The van der Waals surface area contributed by atoms with Crippen LogP contribution in [0.2, 0.25) is 0 Å². The molecular weight excluding hydrogens is 269 g/mol. The highest BCUT2D eigenvalue weighted by molar-refractivity contribution is 5.55. The molecule has 112 valence electrons. The van der Waals surface area contributed by atoms with Crippen LogP contribution in [0.4, 0.5) is 4.39 Å². The van der Waals surface area contributed by atoms with Gasteiger partial charge in [0.1, 0.15) is 5.82 Å². The maximum absolute atomic E-state index is 13.3. The molecule has 0 amide bonds. The lowest BCUT2D eigenvalue weighted by molar-refractivity contribution is 0.326. The maximum atomic E-state index is 13.3. The Bertz CT molecular complexity index is 626. The maximum Gasteiger partial charge on any atom is 0.231 e. The third-order valence-electron chi connectivity index (χ3n) is 4.24. The first-order valence-corrected chi connectivity index (χ1v) is 7.51. The van der Waals surface area contributed by atoms with Gasteiger partial charge in [0.05, 0.1) is 5.92 Å². The zero-order valence-electron chi connectivity index (χ0n) is 12.2. The number of halogens is 1. The number of hydrogen-bond acceptors (Lipinski definition) is 4. The number of nitrogens with zero attached hydrogens (tertiary/aromatic N) is 2. The molecule has 2 N–H and O–H groups in total. The van der Waals surface area contributed by atoms with Crippen molar-refractivity contribution in [2.24, 2.45) is 5.73 Å². The van der Waals surface area contributed by atoms with Gasteiger partial charge in [-0.15, -0.1) is 0 Å². The summed E-state index contributed by atoms with van der Waals surface area (Å²) in [6.45, 7) is 1.72. The van der Waals surface area contributed by atoms with Crippen LogP contribution in [-0.2, 0) is 0 Å². The number of aryl methyl sites for hydroxylation is 1. The molecule has 1 saturated carbocycles. The van der Waals surface area contributed by atoms with Gasteiger partial charge < -0.3 is 10.3 Å². The molecule has 1 heterocycles. The average molecular weight is 289 g/mol. The van der Waals surface area contributed by atoms with Gasteiger partial charge in [0.25, 0.3) is 0 Å². The Balaban J connectivity index is 1.86. The predicted octanol–water partition coefficient (Wildman–Crippen LogP) is 3.56. The molecule has 21 heavy (non-hydrogen) atoms. The summed E-state index contributed by atoms with van der Waals surface area (Å²) in [5, 5.41) is 4.03. The van der Waals surface area contributed by atoms with Crippen LogP contribution in [0.25, 0.3) is 11.4 Å². The van der Waals surface area contributed by atoms with Gasteiger partial charge >= 0.3 is 0 Å². The fourth-order valence-electron chi connectivity index (χ4n) is 2.93. The molecule has 0 saturated heterocycles. The first kappa shape index (κ1) is 14.2. The minimum Gasteiger partial charge on any atom is -0.339 e. The van der Waals surface area contributed by atoms with E-state index < -0.39 is 0 Å². The molecule has 2 aromatic rings. The second-order valence-electron chi connectivity index (χ2n) is 5.83. The molecule has 2 atom stereocenters. The van der Waals surface area contributed by atoms with Gasteiger partial charge in [-0.1, -0.05) is 24.4 Å². The van der Waals surface area contributed by atoms with Crippen LogP contribution >= 0.6 is 0 Å². The first-order valence-electron chi connectivity index (χ1n) is 7.51. The molecule has 4 nitrogen and oxygen atoms in total. The average Bonchev–Trinajstić information content (AvgIpc) is 2.85. The van der Waals surface area contributed by atoms with Gasteiger partial charge in [0.15, 0.2) is 0 Å². The Morgan fingerprint density at radius 2 is 2.05 bits per heavy atom. The Kier molecular flexibility index (Phi) is 4.01. The van der Waals surface area contributed by atoms with Crippen LogP contribution in [0.15, 0.2) is 22.7 Å². The predicted molar refractivity (Wildman–Crippen MR) is 78.2 cm³/mol. The summed E-state index contributed by atoms with van der Waals surface area (Å²) in [6.07, 6.45) is 5.51. The summed E-state index contributed by atoms with van der Waals surface area (Å²) in [4.78, 5) is 4.49. The minimum atomic E-state index is -0.228. The van der Waals surface area contributed by atoms with Crippen LogP contribution in [0.3, 0.4) is 0 Å². The molecule has 0 bridgehead atoms. The minimum absolute atomic E-state index is 0.0794. The van der Waals surface area contributed by atoms with E-state index >= 15 is 0 Å². The van der Waals surface area contributed by atoms with E-state index in [4.69, 9.17) is 10.3 Å². The topological polar surface area (TPSA) is 64.9 Å². The Labute approximate surface area is 123 Å². The van der Waals surface area contributed by atoms with Crippen LogP contribution in [0, 0.1) is 12.7 Å². The Hall–Kier alpha value is -1.75. The summed E-state index contributed by atoms with van der Waals surface area (Å²) in [5.74, 6) is 1.02. The summed E-state index contributed by atoms with van der Waals surface area (Å²) in [6, 6.07) is 4.91. The summed E-state index contributed by atoms with van der Waals surface area (Å²) >= 11 is 0.